The summed E-state index contributed by atoms with van der Waals surface area (Å²) in [5.74, 6) is 0.307. The van der Waals surface area contributed by atoms with Gasteiger partial charge >= 0.3 is 0 Å². The molecule has 2 aromatic heterocycles. The van der Waals surface area contributed by atoms with Crippen molar-refractivity contribution in [1.29, 1.82) is 5.26 Å². The lowest BCUT2D eigenvalue weighted by Crippen LogP contribution is -2.50. The summed E-state index contributed by atoms with van der Waals surface area (Å²) in [5, 5.41) is 9.93. The van der Waals surface area contributed by atoms with Gasteiger partial charge in [0, 0.05) is 31.2 Å². The molecule has 0 aliphatic carbocycles. The molecule has 32 heavy (non-hydrogen) atoms. The second kappa shape index (κ2) is 9.18. The van der Waals surface area contributed by atoms with Crippen LogP contribution < -0.4 is 4.72 Å². The van der Waals surface area contributed by atoms with Gasteiger partial charge in [0.15, 0.2) is 5.58 Å². The van der Waals surface area contributed by atoms with Crippen molar-refractivity contribution in [3.05, 3.63) is 54.6 Å². The summed E-state index contributed by atoms with van der Waals surface area (Å²) < 4.78 is 36.3. The molecule has 3 aromatic rings. The van der Waals surface area contributed by atoms with Gasteiger partial charge in [0.05, 0.1) is 6.26 Å². The molecule has 168 valence electrons. The molecule has 1 N–H and O–H groups in total. The Morgan fingerprint density at radius 3 is 2.78 bits per heavy atom. The summed E-state index contributed by atoms with van der Waals surface area (Å²) >= 11 is 0. The monoisotopic (exact) mass is 454 g/mol. The van der Waals surface area contributed by atoms with Gasteiger partial charge in [0.25, 0.3) is 0 Å². The van der Waals surface area contributed by atoms with Gasteiger partial charge in [0.1, 0.15) is 22.7 Å². The number of nitrogens with zero attached hydrogens (tertiary/aromatic N) is 3. The first-order chi connectivity index (χ1) is 15.4. The predicted octanol–water partition coefficient (Wildman–Crippen LogP) is 3.10. The maximum atomic E-state index is 13.3. The van der Waals surface area contributed by atoms with Crippen molar-refractivity contribution < 1.29 is 17.6 Å². The Balaban J connectivity index is 1.60. The molecule has 0 saturated carbocycles. The molecule has 0 spiro atoms. The SMILES string of the molecule is CC1CCN(C(=O)C(CCn2cccc2C#N)NS(=O)(=O)c2cccc3ccoc23)CC1. The smallest absolute Gasteiger partial charge is 0.245 e. The van der Waals surface area contributed by atoms with Gasteiger partial charge in [0.2, 0.25) is 15.9 Å². The summed E-state index contributed by atoms with van der Waals surface area (Å²) in [7, 11) is -4.02. The van der Waals surface area contributed by atoms with E-state index in [1.54, 1.807) is 46.0 Å². The van der Waals surface area contributed by atoms with Gasteiger partial charge in [-0.15, -0.1) is 0 Å². The molecule has 4 rings (SSSR count). The Hall–Kier alpha value is -3.09. The van der Waals surface area contributed by atoms with Crippen molar-refractivity contribution in [3.63, 3.8) is 0 Å². The van der Waals surface area contributed by atoms with Crippen molar-refractivity contribution in [3.8, 4) is 6.07 Å². The summed E-state index contributed by atoms with van der Waals surface area (Å²) in [6.45, 7) is 3.71. The number of nitrogens with one attached hydrogen (secondary N) is 1. The van der Waals surface area contributed by atoms with Gasteiger partial charge in [-0.3, -0.25) is 4.79 Å². The van der Waals surface area contributed by atoms with Crippen LogP contribution in [0.2, 0.25) is 0 Å². The molecule has 1 aliphatic heterocycles. The zero-order chi connectivity index (χ0) is 22.7. The van der Waals surface area contributed by atoms with E-state index in [-0.39, 0.29) is 22.8 Å². The third kappa shape index (κ3) is 4.56. The number of aryl methyl sites for hydroxylation is 1. The molecule has 3 heterocycles. The number of hydrogen-bond donors (Lipinski definition) is 1. The van der Waals surface area contributed by atoms with E-state index >= 15 is 0 Å². The summed E-state index contributed by atoms with van der Waals surface area (Å²) in [6.07, 6.45) is 5.21. The normalized spacial score (nSPS) is 16.2. The number of carbonyl (C=O) groups excluding carboxylic acids is 1. The molecule has 0 bridgehead atoms. The number of para-hydroxylation sites is 1. The number of nitriles is 1. The number of likely N-dealkylation sites (tertiary alicyclic amines) is 1. The van der Waals surface area contributed by atoms with Crippen LogP contribution in [0.5, 0.6) is 0 Å². The number of rotatable bonds is 7. The highest BCUT2D eigenvalue weighted by atomic mass is 32.2. The highest BCUT2D eigenvalue weighted by Gasteiger charge is 2.32. The van der Waals surface area contributed by atoms with Gasteiger partial charge in [-0.2, -0.15) is 9.98 Å². The number of hydrogen-bond acceptors (Lipinski definition) is 5. The fourth-order valence-corrected chi connectivity index (χ4v) is 5.48. The van der Waals surface area contributed by atoms with E-state index in [4.69, 9.17) is 4.42 Å². The standard InChI is InChI=1S/C23H26N4O4S/c1-17-7-12-27(13-8-17)23(28)20(9-14-26-11-3-5-19(26)16-24)25-32(29,30)21-6-2-4-18-10-15-31-22(18)21/h2-6,10-11,15,17,20,25H,7-9,12-14H2,1H3. The van der Waals surface area contributed by atoms with E-state index in [2.05, 4.69) is 17.7 Å². The lowest BCUT2D eigenvalue weighted by atomic mass is 9.98. The first-order valence-electron chi connectivity index (χ1n) is 10.7. The topological polar surface area (TPSA) is 108 Å². The quantitative estimate of drug-likeness (QED) is 0.590. The van der Waals surface area contributed by atoms with Crippen LogP contribution in [0.1, 0.15) is 31.9 Å². The Morgan fingerprint density at radius 2 is 2.03 bits per heavy atom. The van der Waals surface area contributed by atoms with Crippen LogP contribution >= 0.6 is 0 Å². The van der Waals surface area contributed by atoms with Crippen LogP contribution in [-0.4, -0.2) is 42.9 Å². The Morgan fingerprint density at radius 1 is 1.25 bits per heavy atom. The number of amides is 1. The van der Waals surface area contributed by atoms with Crippen molar-refractivity contribution in [2.75, 3.05) is 13.1 Å². The molecule has 8 nitrogen and oxygen atoms in total. The highest BCUT2D eigenvalue weighted by Crippen LogP contribution is 2.25. The zero-order valence-electron chi connectivity index (χ0n) is 17.9. The Kier molecular flexibility index (Phi) is 6.35. The van der Waals surface area contributed by atoms with Crippen LogP contribution in [0.4, 0.5) is 0 Å². The minimum Gasteiger partial charge on any atom is -0.463 e. The molecule has 1 fully saturated rings. The first-order valence-corrected chi connectivity index (χ1v) is 12.2. The largest absolute Gasteiger partial charge is 0.463 e. The Bertz CT molecular complexity index is 1250. The first kappa shape index (κ1) is 22.1. The number of piperidine rings is 1. The predicted molar refractivity (Wildman–Crippen MR) is 119 cm³/mol. The van der Waals surface area contributed by atoms with Crippen LogP contribution in [0.15, 0.2) is 58.2 Å². The van der Waals surface area contributed by atoms with Crippen LogP contribution in [0.25, 0.3) is 11.0 Å². The number of fused-ring (bicyclic) bond motifs is 1. The molecule has 1 aromatic carbocycles. The van der Waals surface area contributed by atoms with Gasteiger partial charge < -0.3 is 13.9 Å². The number of sulfonamides is 1. The minimum absolute atomic E-state index is 0.00347. The van der Waals surface area contributed by atoms with E-state index in [1.807, 2.05) is 0 Å². The third-order valence-electron chi connectivity index (χ3n) is 6.03. The second-order valence-electron chi connectivity index (χ2n) is 8.26. The van der Waals surface area contributed by atoms with Crippen molar-refractivity contribution in [2.45, 2.75) is 43.7 Å². The van der Waals surface area contributed by atoms with E-state index in [9.17, 15) is 18.5 Å². The molecular formula is C23H26N4O4S. The zero-order valence-corrected chi connectivity index (χ0v) is 18.7. The maximum absolute atomic E-state index is 13.3. The molecule has 1 amide bonds. The van der Waals surface area contributed by atoms with E-state index in [0.717, 1.165) is 12.8 Å². The average Bonchev–Trinajstić information content (AvgIpc) is 3.45. The molecule has 1 aliphatic rings. The number of aromatic nitrogens is 1. The van der Waals surface area contributed by atoms with Crippen molar-refractivity contribution in [1.82, 2.24) is 14.2 Å². The summed E-state index contributed by atoms with van der Waals surface area (Å²) in [6, 6.07) is 11.2. The molecule has 1 saturated heterocycles. The third-order valence-corrected chi connectivity index (χ3v) is 7.52. The van der Waals surface area contributed by atoms with Crippen molar-refractivity contribution in [2.24, 2.45) is 5.92 Å². The van der Waals surface area contributed by atoms with Crippen LogP contribution in [-0.2, 0) is 21.4 Å². The van der Waals surface area contributed by atoms with Gasteiger partial charge in [-0.05, 0) is 49.4 Å². The lowest BCUT2D eigenvalue weighted by molar-refractivity contribution is -0.134. The number of carbonyl (C=O) groups is 1. The van der Waals surface area contributed by atoms with Gasteiger partial charge in [-0.1, -0.05) is 19.1 Å². The lowest BCUT2D eigenvalue weighted by Gasteiger charge is -2.33. The summed E-state index contributed by atoms with van der Waals surface area (Å²) in [5.41, 5.74) is 0.723. The van der Waals surface area contributed by atoms with E-state index in [1.165, 1.54) is 12.3 Å². The molecule has 0 radical (unpaired) electrons. The van der Waals surface area contributed by atoms with E-state index in [0.29, 0.717) is 36.6 Å². The average molecular weight is 455 g/mol. The second-order valence-corrected chi connectivity index (χ2v) is 9.95. The van der Waals surface area contributed by atoms with E-state index < -0.39 is 16.1 Å². The Labute approximate surface area is 187 Å². The molecule has 9 heteroatoms. The van der Waals surface area contributed by atoms with Crippen molar-refractivity contribution >= 4 is 26.9 Å². The maximum Gasteiger partial charge on any atom is 0.245 e. The molecule has 1 atom stereocenters. The minimum atomic E-state index is -4.02. The summed E-state index contributed by atoms with van der Waals surface area (Å²) in [4.78, 5) is 15.1. The van der Waals surface area contributed by atoms with Crippen LogP contribution in [0, 0.1) is 17.2 Å². The highest BCUT2D eigenvalue weighted by molar-refractivity contribution is 7.89. The fourth-order valence-electron chi connectivity index (χ4n) is 4.09. The molecular weight excluding hydrogens is 428 g/mol. The fraction of sp³-hybridized carbons (Fsp3) is 0.391. The number of benzene rings is 1. The van der Waals surface area contributed by atoms with Gasteiger partial charge in [-0.25, -0.2) is 8.42 Å². The molecule has 1 unspecified atom stereocenters. The van der Waals surface area contributed by atoms with Crippen LogP contribution in [0.3, 0.4) is 0 Å². The number of furan rings is 1.